The van der Waals surface area contributed by atoms with E-state index < -0.39 is 0 Å². The molecule has 0 amide bonds. The van der Waals surface area contributed by atoms with Crippen molar-refractivity contribution in [3.63, 3.8) is 0 Å². The molecular weight excluding hydrogens is 330 g/mol. The molecule has 2 nitrogen and oxygen atoms in total. The maximum Gasteiger partial charge on any atom is 0.153 e. The highest BCUT2D eigenvalue weighted by molar-refractivity contribution is 5.73. The zero-order valence-electron chi connectivity index (χ0n) is 17.6. The molecule has 0 aliphatic rings. The minimum atomic E-state index is 0.884. The molecule has 0 atom stereocenters. The molecule has 2 aromatic rings. The molecule has 0 saturated carbocycles. The SMILES string of the molecule is C=C(CC)c1cc(C)c(Oc2ccccc2)c(N(CCCC)CCCC)c1. The Morgan fingerprint density at radius 2 is 1.59 bits per heavy atom. The molecule has 2 aromatic carbocycles. The number of nitrogens with zero attached hydrogens (tertiary/aromatic N) is 1. The van der Waals surface area contributed by atoms with E-state index in [1.807, 2.05) is 30.3 Å². The third kappa shape index (κ3) is 5.89. The fourth-order valence-electron chi connectivity index (χ4n) is 3.19. The number of aryl methyl sites for hydroxylation is 1. The van der Waals surface area contributed by atoms with E-state index in [-0.39, 0.29) is 0 Å². The Morgan fingerprint density at radius 1 is 0.963 bits per heavy atom. The van der Waals surface area contributed by atoms with Gasteiger partial charge < -0.3 is 9.64 Å². The van der Waals surface area contributed by atoms with E-state index >= 15 is 0 Å². The van der Waals surface area contributed by atoms with Gasteiger partial charge in [0.25, 0.3) is 0 Å². The molecule has 0 aromatic heterocycles. The van der Waals surface area contributed by atoms with E-state index in [9.17, 15) is 0 Å². The average molecular weight is 366 g/mol. The number of hydrogen-bond acceptors (Lipinski definition) is 2. The molecule has 0 spiro atoms. The number of benzene rings is 2. The summed E-state index contributed by atoms with van der Waals surface area (Å²) in [5, 5.41) is 0. The fraction of sp³-hybridized carbons (Fsp3) is 0.440. The Morgan fingerprint density at radius 3 is 2.15 bits per heavy atom. The maximum atomic E-state index is 6.38. The normalized spacial score (nSPS) is 10.7. The average Bonchev–Trinajstić information content (AvgIpc) is 2.70. The molecule has 0 fully saturated rings. The van der Waals surface area contributed by atoms with Crippen LogP contribution in [0.5, 0.6) is 11.5 Å². The number of rotatable bonds is 11. The lowest BCUT2D eigenvalue weighted by molar-refractivity contribution is 0.476. The molecular formula is C25H35NO. The Kier molecular flexibility index (Phi) is 8.44. The van der Waals surface area contributed by atoms with Crippen LogP contribution in [0.25, 0.3) is 5.57 Å². The zero-order valence-corrected chi connectivity index (χ0v) is 17.6. The molecule has 0 aliphatic heterocycles. The summed E-state index contributed by atoms with van der Waals surface area (Å²) in [7, 11) is 0. The van der Waals surface area contributed by atoms with Crippen molar-refractivity contribution in [2.75, 3.05) is 18.0 Å². The highest BCUT2D eigenvalue weighted by Gasteiger charge is 2.17. The molecule has 27 heavy (non-hydrogen) atoms. The van der Waals surface area contributed by atoms with Crippen LogP contribution in [0.4, 0.5) is 5.69 Å². The van der Waals surface area contributed by atoms with Crippen LogP contribution >= 0.6 is 0 Å². The van der Waals surface area contributed by atoms with Crippen LogP contribution in [-0.4, -0.2) is 13.1 Å². The monoisotopic (exact) mass is 365 g/mol. The lowest BCUT2D eigenvalue weighted by Crippen LogP contribution is -2.26. The molecule has 0 N–H and O–H groups in total. The second-order valence-electron chi connectivity index (χ2n) is 7.21. The van der Waals surface area contributed by atoms with Crippen LogP contribution in [-0.2, 0) is 0 Å². The van der Waals surface area contributed by atoms with Crippen molar-refractivity contribution >= 4 is 11.3 Å². The summed E-state index contributed by atoms with van der Waals surface area (Å²) in [5.41, 5.74) is 4.77. The van der Waals surface area contributed by atoms with Crippen molar-refractivity contribution in [1.82, 2.24) is 0 Å². The van der Waals surface area contributed by atoms with Gasteiger partial charge in [0.15, 0.2) is 5.75 Å². The standard InChI is InChI=1S/C25H35NO/c1-6-9-16-26(17-10-7-2)24-19-22(20(4)8-3)18-21(5)25(24)27-23-14-12-11-13-15-23/h11-15,18-19H,4,6-10,16-17H2,1-3,5H3. The highest BCUT2D eigenvalue weighted by Crippen LogP contribution is 2.39. The molecule has 0 saturated heterocycles. The van der Waals surface area contributed by atoms with Crippen molar-refractivity contribution in [3.8, 4) is 11.5 Å². The summed E-state index contributed by atoms with van der Waals surface area (Å²) in [6.07, 6.45) is 5.72. The summed E-state index contributed by atoms with van der Waals surface area (Å²) < 4.78 is 6.38. The lowest BCUT2D eigenvalue weighted by Gasteiger charge is -2.28. The van der Waals surface area contributed by atoms with E-state index in [2.05, 4.69) is 51.3 Å². The summed E-state index contributed by atoms with van der Waals surface area (Å²) in [6.45, 7) is 15.2. The maximum absolute atomic E-state index is 6.38. The number of ether oxygens (including phenoxy) is 1. The van der Waals surface area contributed by atoms with Gasteiger partial charge in [0.1, 0.15) is 5.75 Å². The van der Waals surface area contributed by atoms with Crippen LogP contribution in [0.15, 0.2) is 49.0 Å². The second-order valence-corrected chi connectivity index (χ2v) is 7.21. The smallest absolute Gasteiger partial charge is 0.153 e. The third-order valence-corrected chi connectivity index (χ3v) is 4.96. The molecule has 0 unspecified atom stereocenters. The Hall–Kier alpha value is -2.22. The Bertz CT molecular complexity index is 713. The van der Waals surface area contributed by atoms with Gasteiger partial charge in [0.2, 0.25) is 0 Å². The number of hydrogen-bond donors (Lipinski definition) is 0. The van der Waals surface area contributed by atoms with Crippen LogP contribution in [0.1, 0.15) is 64.0 Å². The van der Waals surface area contributed by atoms with Gasteiger partial charge in [0, 0.05) is 13.1 Å². The predicted molar refractivity (Wildman–Crippen MR) is 119 cm³/mol. The molecule has 0 aliphatic carbocycles. The van der Waals surface area contributed by atoms with Crippen molar-refractivity contribution in [3.05, 3.63) is 60.2 Å². The van der Waals surface area contributed by atoms with Gasteiger partial charge in [-0.2, -0.15) is 0 Å². The van der Waals surface area contributed by atoms with Gasteiger partial charge in [-0.05, 0) is 67.2 Å². The Balaban J connectivity index is 2.49. The quantitative estimate of drug-likeness (QED) is 0.406. The first-order valence-electron chi connectivity index (χ1n) is 10.4. The summed E-state index contributed by atoms with van der Waals surface area (Å²) in [6, 6.07) is 14.6. The van der Waals surface area contributed by atoms with E-state index in [1.165, 1.54) is 48.1 Å². The van der Waals surface area contributed by atoms with Gasteiger partial charge in [-0.15, -0.1) is 0 Å². The van der Waals surface area contributed by atoms with Crippen molar-refractivity contribution in [2.24, 2.45) is 0 Å². The lowest BCUT2D eigenvalue weighted by atomic mass is 10.00. The van der Waals surface area contributed by atoms with Crippen molar-refractivity contribution in [1.29, 1.82) is 0 Å². The molecule has 2 rings (SSSR count). The van der Waals surface area contributed by atoms with Gasteiger partial charge in [0.05, 0.1) is 5.69 Å². The van der Waals surface area contributed by atoms with E-state index in [4.69, 9.17) is 4.74 Å². The van der Waals surface area contributed by atoms with Gasteiger partial charge in [-0.25, -0.2) is 0 Å². The Labute approximate surface area is 165 Å². The van der Waals surface area contributed by atoms with Crippen LogP contribution in [0.2, 0.25) is 0 Å². The van der Waals surface area contributed by atoms with E-state index in [0.29, 0.717) is 0 Å². The summed E-state index contributed by atoms with van der Waals surface area (Å²) >= 11 is 0. The number of anilines is 1. The number of para-hydroxylation sites is 1. The highest BCUT2D eigenvalue weighted by atomic mass is 16.5. The number of allylic oxidation sites excluding steroid dienone is 1. The molecule has 0 bridgehead atoms. The van der Waals surface area contributed by atoms with Gasteiger partial charge >= 0.3 is 0 Å². The first-order chi connectivity index (χ1) is 13.1. The van der Waals surface area contributed by atoms with E-state index in [0.717, 1.165) is 31.0 Å². The van der Waals surface area contributed by atoms with Crippen molar-refractivity contribution in [2.45, 2.75) is 59.8 Å². The topological polar surface area (TPSA) is 12.5 Å². The van der Waals surface area contributed by atoms with Crippen LogP contribution in [0.3, 0.4) is 0 Å². The minimum Gasteiger partial charge on any atom is -0.455 e. The molecule has 2 heteroatoms. The van der Waals surface area contributed by atoms with Gasteiger partial charge in [-0.1, -0.05) is 58.4 Å². The third-order valence-electron chi connectivity index (χ3n) is 4.96. The predicted octanol–water partition coefficient (Wildman–Crippen LogP) is 7.62. The summed E-state index contributed by atoms with van der Waals surface area (Å²) in [4.78, 5) is 2.50. The molecule has 0 heterocycles. The van der Waals surface area contributed by atoms with Crippen LogP contribution in [0, 0.1) is 6.92 Å². The van der Waals surface area contributed by atoms with Crippen molar-refractivity contribution < 1.29 is 4.74 Å². The fourth-order valence-corrected chi connectivity index (χ4v) is 3.19. The first kappa shape index (κ1) is 21.1. The largest absolute Gasteiger partial charge is 0.455 e. The minimum absolute atomic E-state index is 0.884. The molecule has 0 radical (unpaired) electrons. The summed E-state index contributed by atoms with van der Waals surface area (Å²) in [5.74, 6) is 1.86. The van der Waals surface area contributed by atoms with E-state index in [1.54, 1.807) is 0 Å². The number of unbranched alkanes of at least 4 members (excludes halogenated alkanes) is 2. The van der Waals surface area contributed by atoms with Crippen LogP contribution < -0.4 is 9.64 Å². The molecule has 146 valence electrons. The zero-order chi connectivity index (χ0) is 19.6. The first-order valence-corrected chi connectivity index (χ1v) is 10.4. The van der Waals surface area contributed by atoms with Gasteiger partial charge in [-0.3, -0.25) is 0 Å². The second kappa shape index (κ2) is 10.8.